The van der Waals surface area contributed by atoms with Crippen molar-refractivity contribution in [2.24, 2.45) is 0 Å². The molecule has 2 heterocycles. The summed E-state index contributed by atoms with van der Waals surface area (Å²) in [5.74, 6) is 1.62. The van der Waals surface area contributed by atoms with Crippen LogP contribution in [0.1, 0.15) is 37.1 Å². The van der Waals surface area contributed by atoms with Gasteiger partial charge in [-0.1, -0.05) is 12.1 Å². The molecule has 0 aliphatic carbocycles. The number of carbonyl (C=O) groups excluding carboxylic acids is 1. The summed E-state index contributed by atoms with van der Waals surface area (Å²) in [5.41, 5.74) is 1.92. The zero-order valence-corrected chi connectivity index (χ0v) is 15.4. The topological polar surface area (TPSA) is 54.7 Å². The fraction of sp³-hybridized carbons (Fsp3) is 0.381. The van der Waals surface area contributed by atoms with E-state index in [9.17, 15) is 4.79 Å². The van der Waals surface area contributed by atoms with Crippen molar-refractivity contribution in [3.8, 4) is 5.75 Å². The molecule has 1 amide bonds. The molecule has 1 aliphatic heterocycles. The van der Waals surface area contributed by atoms with Crippen molar-refractivity contribution in [2.75, 3.05) is 26.7 Å². The highest BCUT2D eigenvalue weighted by Crippen LogP contribution is 2.25. The molecule has 1 aromatic heterocycles. The van der Waals surface area contributed by atoms with Crippen LogP contribution < -0.4 is 10.1 Å². The number of likely N-dealkylation sites (tertiary alicyclic amines) is 1. The van der Waals surface area contributed by atoms with E-state index in [-0.39, 0.29) is 11.9 Å². The van der Waals surface area contributed by atoms with Gasteiger partial charge in [-0.3, -0.25) is 9.69 Å². The fourth-order valence-corrected chi connectivity index (χ4v) is 3.33. The molecular formula is C21H26N2O3. The Labute approximate surface area is 154 Å². The van der Waals surface area contributed by atoms with E-state index in [1.807, 2.05) is 43.3 Å². The minimum absolute atomic E-state index is 0.0888. The number of ether oxygens (including phenoxy) is 1. The second-order valence-electron chi connectivity index (χ2n) is 6.58. The summed E-state index contributed by atoms with van der Waals surface area (Å²) < 4.78 is 10.8. The number of carbonyl (C=O) groups is 1. The van der Waals surface area contributed by atoms with E-state index in [4.69, 9.17) is 9.15 Å². The summed E-state index contributed by atoms with van der Waals surface area (Å²) in [6.45, 7) is 4.56. The van der Waals surface area contributed by atoms with Crippen LogP contribution in [-0.2, 0) is 4.79 Å². The molecule has 2 aromatic rings. The second kappa shape index (κ2) is 8.72. The number of nitrogens with zero attached hydrogens (tertiary/aromatic N) is 1. The largest absolute Gasteiger partial charge is 0.497 e. The maximum absolute atomic E-state index is 12.4. The molecular weight excluding hydrogens is 328 g/mol. The zero-order chi connectivity index (χ0) is 18.4. The molecule has 0 bridgehead atoms. The number of rotatable bonds is 7. The van der Waals surface area contributed by atoms with Crippen molar-refractivity contribution < 1.29 is 13.9 Å². The van der Waals surface area contributed by atoms with Crippen LogP contribution in [0, 0.1) is 0 Å². The molecule has 1 aliphatic rings. The third-order valence-corrected chi connectivity index (χ3v) is 4.82. The lowest BCUT2D eigenvalue weighted by atomic mass is 10.1. The lowest BCUT2D eigenvalue weighted by Crippen LogP contribution is -2.36. The summed E-state index contributed by atoms with van der Waals surface area (Å²) in [7, 11) is 1.64. The molecule has 0 saturated carbocycles. The van der Waals surface area contributed by atoms with E-state index in [0.717, 1.165) is 35.7 Å². The molecule has 0 spiro atoms. The van der Waals surface area contributed by atoms with Crippen molar-refractivity contribution in [3.05, 3.63) is 60.1 Å². The Bertz CT molecular complexity index is 729. The van der Waals surface area contributed by atoms with Gasteiger partial charge in [0.05, 0.1) is 19.4 Å². The van der Waals surface area contributed by atoms with E-state index in [1.54, 1.807) is 19.4 Å². The molecule has 1 atom stereocenters. The van der Waals surface area contributed by atoms with Crippen molar-refractivity contribution in [2.45, 2.75) is 25.8 Å². The molecule has 1 fully saturated rings. The first kappa shape index (κ1) is 18.3. The standard InChI is InChI=1S/C21H26N2O3/c1-16(17-7-9-18(25-2)10-8-17)14-21(24)22-15-19(20-6-5-13-26-20)23-11-3-4-12-23/h5-10,13-14,19H,3-4,11-12,15H2,1-2H3,(H,22,24)/b16-14+. The Balaban J connectivity index is 1.62. The number of methoxy groups -OCH3 is 1. The predicted molar refractivity (Wildman–Crippen MR) is 102 cm³/mol. The number of hydrogen-bond donors (Lipinski definition) is 1. The van der Waals surface area contributed by atoms with Crippen LogP contribution in [-0.4, -0.2) is 37.6 Å². The molecule has 5 heteroatoms. The molecule has 1 saturated heterocycles. The van der Waals surface area contributed by atoms with Gasteiger partial charge in [0.2, 0.25) is 5.91 Å². The lowest BCUT2D eigenvalue weighted by molar-refractivity contribution is -0.116. The van der Waals surface area contributed by atoms with E-state index < -0.39 is 0 Å². The van der Waals surface area contributed by atoms with Gasteiger partial charge in [-0.15, -0.1) is 0 Å². The Kier molecular flexibility index (Phi) is 6.12. The lowest BCUT2D eigenvalue weighted by Gasteiger charge is -2.25. The van der Waals surface area contributed by atoms with Crippen molar-refractivity contribution in [1.82, 2.24) is 10.2 Å². The average Bonchev–Trinajstić information content (AvgIpc) is 3.36. The number of benzene rings is 1. The number of allylic oxidation sites excluding steroid dienone is 1. The van der Waals surface area contributed by atoms with Crippen molar-refractivity contribution >= 4 is 11.5 Å². The highest BCUT2D eigenvalue weighted by atomic mass is 16.5. The van der Waals surface area contributed by atoms with Crippen molar-refractivity contribution in [3.63, 3.8) is 0 Å². The monoisotopic (exact) mass is 354 g/mol. The molecule has 0 radical (unpaired) electrons. The van der Waals surface area contributed by atoms with Crippen LogP contribution in [0.2, 0.25) is 0 Å². The molecule has 1 unspecified atom stereocenters. The number of nitrogens with one attached hydrogen (secondary N) is 1. The third-order valence-electron chi connectivity index (χ3n) is 4.82. The van der Waals surface area contributed by atoms with Gasteiger partial charge in [-0.25, -0.2) is 0 Å². The second-order valence-corrected chi connectivity index (χ2v) is 6.58. The van der Waals surface area contributed by atoms with E-state index in [2.05, 4.69) is 10.2 Å². The molecule has 26 heavy (non-hydrogen) atoms. The van der Waals surface area contributed by atoms with E-state index in [0.29, 0.717) is 6.54 Å². The van der Waals surface area contributed by atoms with Gasteiger partial charge in [0, 0.05) is 12.6 Å². The first-order valence-corrected chi connectivity index (χ1v) is 9.05. The molecule has 1 N–H and O–H groups in total. The summed E-state index contributed by atoms with van der Waals surface area (Å²) in [6.07, 6.45) is 5.72. The van der Waals surface area contributed by atoms with Crippen LogP contribution >= 0.6 is 0 Å². The predicted octanol–water partition coefficient (Wildman–Crippen LogP) is 3.64. The minimum atomic E-state index is -0.0888. The molecule has 5 nitrogen and oxygen atoms in total. The Hall–Kier alpha value is -2.53. The Morgan fingerprint density at radius 2 is 2.00 bits per heavy atom. The SMILES string of the molecule is COc1ccc(/C(C)=C/C(=O)NCC(c2ccco2)N2CCCC2)cc1. The van der Waals surface area contributed by atoms with Gasteiger partial charge in [0.15, 0.2) is 0 Å². The Morgan fingerprint density at radius 1 is 1.27 bits per heavy atom. The van der Waals surface area contributed by atoms with Gasteiger partial charge >= 0.3 is 0 Å². The maximum Gasteiger partial charge on any atom is 0.244 e. The number of amides is 1. The van der Waals surface area contributed by atoms with Crippen LogP contribution in [0.3, 0.4) is 0 Å². The smallest absolute Gasteiger partial charge is 0.244 e. The summed E-state index contributed by atoms with van der Waals surface area (Å²) >= 11 is 0. The molecule has 1 aromatic carbocycles. The number of furan rings is 1. The van der Waals surface area contributed by atoms with Crippen molar-refractivity contribution in [1.29, 1.82) is 0 Å². The first-order valence-electron chi connectivity index (χ1n) is 9.05. The van der Waals surface area contributed by atoms with Crippen LogP contribution in [0.15, 0.2) is 53.2 Å². The highest BCUT2D eigenvalue weighted by molar-refractivity contribution is 5.94. The quantitative estimate of drug-likeness (QED) is 0.771. The molecule has 3 rings (SSSR count). The van der Waals surface area contributed by atoms with Gasteiger partial charge < -0.3 is 14.5 Å². The van der Waals surface area contributed by atoms with Crippen LogP contribution in [0.25, 0.3) is 5.57 Å². The van der Waals surface area contributed by atoms with E-state index >= 15 is 0 Å². The van der Waals surface area contributed by atoms with Crippen LogP contribution in [0.5, 0.6) is 5.75 Å². The highest BCUT2D eigenvalue weighted by Gasteiger charge is 2.25. The fourth-order valence-electron chi connectivity index (χ4n) is 3.33. The summed E-state index contributed by atoms with van der Waals surface area (Å²) in [5, 5.41) is 3.03. The number of hydrogen-bond acceptors (Lipinski definition) is 4. The van der Waals surface area contributed by atoms with Gasteiger partial charge in [-0.05, 0) is 68.3 Å². The summed E-state index contributed by atoms with van der Waals surface area (Å²) in [4.78, 5) is 14.8. The maximum atomic E-state index is 12.4. The third kappa shape index (κ3) is 4.55. The van der Waals surface area contributed by atoms with Gasteiger partial charge in [0.25, 0.3) is 0 Å². The van der Waals surface area contributed by atoms with Crippen LogP contribution in [0.4, 0.5) is 0 Å². The first-order chi connectivity index (χ1) is 12.7. The molecule has 138 valence electrons. The zero-order valence-electron chi connectivity index (χ0n) is 15.4. The minimum Gasteiger partial charge on any atom is -0.497 e. The van der Waals surface area contributed by atoms with E-state index in [1.165, 1.54) is 12.8 Å². The summed E-state index contributed by atoms with van der Waals surface area (Å²) in [6, 6.07) is 11.7. The average molecular weight is 354 g/mol. The normalized spacial score (nSPS) is 16.5. The Morgan fingerprint density at radius 3 is 2.62 bits per heavy atom. The van der Waals surface area contributed by atoms with Gasteiger partial charge in [-0.2, -0.15) is 0 Å². The van der Waals surface area contributed by atoms with Gasteiger partial charge in [0.1, 0.15) is 11.5 Å².